The second-order valence-corrected chi connectivity index (χ2v) is 4.36. The van der Waals surface area contributed by atoms with Gasteiger partial charge in [-0.05, 0) is 41.5 Å². The van der Waals surface area contributed by atoms with Crippen LogP contribution in [-0.2, 0) is 0 Å². The molecule has 0 atom stereocenters. The smallest absolute Gasteiger partial charge is 0.201 e. The van der Waals surface area contributed by atoms with Crippen LogP contribution in [0.2, 0.25) is 0 Å². The molecule has 19 heavy (non-hydrogen) atoms. The molecule has 0 spiro atoms. The van der Waals surface area contributed by atoms with Gasteiger partial charge in [0, 0.05) is 5.56 Å². The van der Waals surface area contributed by atoms with E-state index < -0.39 is 0 Å². The molecule has 0 unspecified atom stereocenters. The number of phenolic OH excluding ortho intramolecular Hbond substituents is 3. The van der Waals surface area contributed by atoms with Crippen LogP contribution in [0.1, 0.15) is 11.1 Å². The van der Waals surface area contributed by atoms with Crippen molar-refractivity contribution in [1.82, 2.24) is 0 Å². The SMILES string of the molecule is Oc1ccc(C2=Cc3ccc(O)c(O)c3OC2)cc1. The van der Waals surface area contributed by atoms with Crippen LogP contribution in [-0.4, -0.2) is 21.9 Å². The van der Waals surface area contributed by atoms with Crippen LogP contribution in [0.5, 0.6) is 23.0 Å². The molecule has 0 radical (unpaired) electrons. The fraction of sp³-hybridized carbons (Fsp3) is 0.0667. The molecule has 0 aromatic heterocycles. The Morgan fingerprint density at radius 3 is 2.37 bits per heavy atom. The molecule has 96 valence electrons. The van der Waals surface area contributed by atoms with Gasteiger partial charge in [-0.15, -0.1) is 0 Å². The molecular formula is C15H12O4. The van der Waals surface area contributed by atoms with Gasteiger partial charge in [0.1, 0.15) is 12.4 Å². The molecule has 2 aromatic carbocycles. The molecule has 4 nitrogen and oxygen atoms in total. The third-order valence-electron chi connectivity index (χ3n) is 3.08. The van der Waals surface area contributed by atoms with Crippen molar-refractivity contribution in [3.8, 4) is 23.0 Å². The molecule has 0 saturated carbocycles. The van der Waals surface area contributed by atoms with Crippen LogP contribution >= 0.6 is 0 Å². The summed E-state index contributed by atoms with van der Waals surface area (Å²) in [5.74, 6) is 0.0744. The van der Waals surface area contributed by atoms with Crippen molar-refractivity contribution in [3.05, 3.63) is 47.5 Å². The van der Waals surface area contributed by atoms with Crippen molar-refractivity contribution in [3.63, 3.8) is 0 Å². The van der Waals surface area contributed by atoms with Crippen LogP contribution in [0, 0.1) is 0 Å². The van der Waals surface area contributed by atoms with E-state index in [9.17, 15) is 15.3 Å². The lowest BCUT2D eigenvalue weighted by atomic mass is 10.0. The maximum Gasteiger partial charge on any atom is 0.201 e. The van der Waals surface area contributed by atoms with E-state index in [2.05, 4.69) is 0 Å². The molecular weight excluding hydrogens is 244 g/mol. The first-order valence-corrected chi connectivity index (χ1v) is 5.83. The molecule has 0 amide bonds. The number of hydrogen-bond acceptors (Lipinski definition) is 4. The van der Waals surface area contributed by atoms with Gasteiger partial charge in [0.15, 0.2) is 11.5 Å². The predicted octanol–water partition coefficient (Wildman–Crippen LogP) is 2.74. The molecule has 4 heteroatoms. The highest BCUT2D eigenvalue weighted by atomic mass is 16.5. The summed E-state index contributed by atoms with van der Waals surface area (Å²) in [7, 11) is 0. The van der Waals surface area contributed by atoms with Crippen molar-refractivity contribution in [2.75, 3.05) is 6.61 Å². The summed E-state index contributed by atoms with van der Waals surface area (Å²) in [6, 6.07) is 9.93. The summed E-state index contributed by atoms with van der Waals surface area (Å²) < 4.78 is 5.49. The summed E-state index contributed by atoms with van der Waals surface area (Å²) >= 11 is 0. The zero-order valence-corrected chi connectivity index (χ0v) is 10.00. The first-order chi connectivity index (χ1) is 9.15. The normalized spacial score (nSPS) is 13.4. The van der Waals surface area contributed by atoms with Crippen LogP contribution in [0.3, 0.4) is 0 Å². The van der Waals surface area contributed by atoms with Crippen LogP contribution in [0.15, 0.2) is 36.4 Å². The average Bonchev–Trinajstić information content (AvgIpc) is 2.43. The summed E-state index contributed by atoms with van der Waals surface area (Å²) in [5, 5.41) is 28.4. The van der Waals surface area contributed by atoms with E-state index in [0.29, 0.717) is 17.9 Å². The van der Waals surface area contributed by atoms with Gasteiger partial charge in [0.25, 0.3) is 0 Å². The number of rotatable bonds is 1. The Labute approximate surface area is 109 Å². The van der Waals surface area contributed by atoms with E-state index in [1.54, 1.807) is 30.3 Å². The topological polar surface area (TPSA) is 69.9 Å². The van der Waals surface area contributed by atoms with Gasteiger partial charge in [-0.1, -0.05) is 12.1 Å². The summed E-state index contributed by atoms with van der Waals surface area (Å²) in [6.45, 7) is 0.300. The molecule has 0 bridgehead atoms. The third-order valence-corrected chi connectivity index (χ3v) is 3.08. The van der Waals surface area contributed by atoms with Gasteiger partial charge in [-0.2, -0.15) is 0 Å². The van der Waals surface area contributed by atoms with Crippen LogP contribution in [0.25, 0.3) is 11.6 Å². The zero-order valence-electron chi connectivity index (χ0n) is 10.00. The van der Waals surface area contributed by atoms with Gasteiger partial charge < -0.3 is 20.1 Å². The highest BCUT2D eigenvalue weighted by Crippen LogP contribution is 2.42. The second-order valence-electron chi connectivity index (χ2n) is 4.36. The van der Waals surface area contributed by atoms with Gasteiger partial charge >= 0.3 is 0 Å². The monoisotopic (exact) mass is 256 g/mol. The van der Waals surface area contributed by atoms with E-state index >= 15 is 0 Å². The largest absolute Gasteiger partial charge is 0.508 e. The Bertz CT molecular complexity index is 657. The fourth-order valence-corrected chi connectivity index (χ4v) is 2.06. The van der Waals surface area contributed by atoms with Crippen molar-refractivity contribution in [2.24, 2.45) is 0 Å². The second kappa shape index (κ2) is 4.24. The van der Waals surface area contributed by atoms with E-state index in [-0.39, 0.29) is 17.2 Å². The minimum atomic E-state index is -0.237. The summed E-state index contributed by atoms with van der Waals surface area (Å²) in [5.41, 5.74) is 2.60. The fourth-order valence-electron chi connectivity index (χ4n) is 2.06. The Kier molecular flexibility index (Phi) is 2.56. The minimum absolute atomic E-state index is 0.194. The third kappa shape index (κ3) is 1.97. The summed E-state index contributed by atoms with van der Waals surface area (Å²) in [4.78, 5) is 0. The molecule has 3 N–H and O–H groups in total. The van der Waals surface area contributed by atoms with Crippen LogP contribution < -0.4 is 4.74 Å². The Morgan fingerprint density at radius 1 is 0.895 bits per heavy atom. The van der Waals surface area contributed by atoms with Crippen molar-refractivity contribution in [2.45, 2.75) is 0 Å². The number of fused-ring (bicyclic) bond motifs is 1. The zero-order chi connectivity index (χ0) is 13.4. The van der Waals surface area contributed by atoms with Crippen molar-refractivity contribution in [1.29, 1.82) is 0 Å². The molecule has 0 saturated heterocycles. The molecule has 1 aliphatic rings. The predicted molar refractivity (Wildman–Crippen MR) is 71.2 cm³/mol. The van der Waals surface area contributed by atoms with E-state index in [4.69, 9.17) is 4.74 Å². The van der Waals surface area contributed by atoms with E-state index in [1.807, 2.05) is 6.08 Å². The van der Waals surface area contributed by atoms with Gasteiger partial charge in [0.05, 0.1) is 0 Å². The number of ether oxygens (including phenoxy) is 1. The Balaban J connectivity index is 2.04. The minimum Gasteiger partial charge on any atom is -0.508 e. The molecule has 0 aliphatic carbocycles. The maximum atomic E-state index is 9.70. The Hall–Kier alpha value is -2.62. The average molecular weight is 256 g/mol. The lowest BCUT2D eigenvalue weighted by molar-refractivity contribution is 0.325. The number of hydrogen-bond donors (Lipinski definition) is 3. The molecule has 1 aliphatic heterocycles. The van der Waals surface area contributed by atoms with Crippen molar-refractivity contribution >= 4 is 11.6 Å². The molecule has 1 heterocycles. The van der Waals surface area contributed by atoms with E-state index in [1.165, 1.54) is 6.07 Å². The van der Waals surface area contributed by atoms with Gasteiger partial charge in [-0.3, -0.25) is 0 Å². The van der Waals surface area contributed by atoms with Gasteiger partial charge in [0.2, 0.25) is 5.75 Å². The van der Waals surface area contributed by atoms with Gasteiger partial charge in [-0.25, -0.2) is 0 Å². The molecule has 0 fully saturated rings. The quantitative estimate of drug-likeness (QED) is 0.686. The van der Waals surface area contributed by atoms with E-state index in [0.717, 1.165) is 11.1 Å². The highest BCUT2D eigenvalue weighted by molar-refractivity contribution is 5.87. The Morgan fingerprint density at radius 2 is 1.63 bits per heavy atom. The maximum absolute atomic E-state index is 9.70. The molecule has 3 rings (SSSR count). The summed E-state index contributed by atoms with van der Waals surface area (Å²) in [6.07, 6.45) is 1.89. The van der Waals surface area contributed by atoms with Crippen molar-refractivity contribution < 1.29 is 20.1 Å². The number of phenols is 3. The van der Waals surface area contributed by atoms with Crippen LogP contribution in [0.4, 0.5) is 0 Å². The first-order valence-electron chi connectivity index (χ1n) is 5.83. The standard InChI is InChI=1S/C15H12O4/c16-12-4-1-9(2-5-12)11-7-10-3-6-13(17)14(18)15(10)19-8-11/h1-7,16-18H,8H2. The first kappa shape index (κ1) is 11.5. The lowest BCUT2D eigenvalue weighted by Gasteiger charge is -2.19. The highest BCUT2D eigenvalue weighted by Gasteiger charge is 2.18. The number of benzene rings is 2. The number of aromatic hydroxyl groups is 3. The lowest BCUT2D eigenvalue weighted by Crippen LogP contribution is -2.06. The molecule has 2 aromatic rings.